The Hall–Kier alpha value is -0.520. The van der Waals surface area contributed by atoms with Gasteiger partial charge in [-0.05, 0) is 38.0 Å². The number of hydrogen-bond donors (Lipinski definition) is 0. The minimum atomic E-state index is 0.732. The molecule has 0 nitrogen and oxygen atoms in total. The van der Waals surface area contributed by atoms with E-state index in [1.165, 1.54) is 37.7 Å². The summed E-state index contributed by atoms with van der Waals surface area (Å²) in [5.74, 6) is 2.48. The highest BCUT2D eigenvalue weighted by molar-refractivity contribution is 5.33. The second-order valence-electron chi connectivity index (χ2n) is 6.42. The first-order valence-electron chi connectivity index (χ1n) is 7.35. The topological polar surface area (TPSA) is 0 Å². The Kier molecular flexibility index (Phi) is 6.02. The standard InChI is InChI=1S/C17H30/c1-13(2)8-6-7-9-14(3)11-17-12-15(4)10-16(17)5/h10,12-14,17H,6-9,11H2,1-5H3. The maximum absolute atomic E-state index is 2.44. The Morgan fingerprint density at radius 3 is 2.24 bits per heavy atom. The number of hydrogen-bond acceptors (Lipinski definition) is 0. The van der Waals surface area contributed by atoms with E-state index in [4.69, 9.17) is 0 Å². The van der Waals surface area contributed by atoms with Crippen molar-refractivity contribution in [2.45, 2.75) is 66.7 Å². The predicted molar refractivity (Wildman–Crippen MR) is 78.1 cm³/mol. The number of unbranched alkanes of at least 4 members (excludes halogenated alkanes) is 1. The van der Waals surface area contributed by atoms with Crippen LogP contribution in [0.2, 0.25) is 0 Å². The van der Waals surface area contributed by atoms with Crippen LogP contribution < -0.4 is 0 Å². The molecule has 17 heavy (non-hydrogen) atoms. The molecule has 1 aliphatic rings. The first-order valence-corrected chi connectivity index (χ1v) is 7.35. The van der Waals surface area contributed by atoms with Crippen molar-refractivity contribution in [2.24, 2.45) is 17.8 Å². The molecule has 0 aromatic carbocycles. The fraction of sp³-hybridized carbons (Fsp3) is 0.765. The van der Waals surface area contributed by atoms with Crippen LogP contribution in [0.5, 0.6) is 0 Å². The highest BCUT2D eigenvalue weighted by Crippen LogP contribution is 2.30. The molecule has 0 bridgehead atoms. The molecule has 0 heteroatoms. The summed E-state index contributed by atoms with van der Waals surface area (Å²) in [6.07, 6.45) is 11.8. The molecule has 0 radical (unpaired) electrons. The van der Waals surface area contributed by atoms with Gasteiger partial charge in [0, 0.05) is 0 Å². The van der Waals surface area contributed by atoms with Crippen molar-refractivity contribution < 1.29 is 0 Å². The molecule has 0 heterocycles. The smallest absolute Gasteiger partial charge is 0.00146 e. The van der Waals surface area contributed by atoms with Crippen LogP contribution in [0.4, 0.5) is 0 Å². The molecule has 0 saturated carbocycles. The van der Waals surface area contributed by atoms with E-state index in [2.05, 4.69) is 46.8 Å². The van der Waals surface area contributed by atoms with Crippen molar-refractivity contribution in [3.8, 4) is 0 Å². The molecule has 0 N–H and O–H groups in total. The monoisotopic (exact) mass is 234 g/mol. The van der Waals surface area contributed by atoms with Gasteiger partial charge in [-0.3, -0.25) is 0 Å². The predicted octanol–water partition coefficient (Wildman–Crippen LogP) is 5.75. The summed E-state index contributed by atoms with van der Waals surface area (Å²) in [5.41, 5.74) is 3.02. The van der Waals surface area contributed by atoms with Crippen LogP contribution in [0, 0.1) is 17.8 Å². The Morgan fingerprint density at radius 2 is 1.71 bits per heavy atom. The highest BCUT2D eigenvalue weighted by Gasteiger charge is 2.16. The fourth-order valence-corrected chi connectivity index (χ4v) is 2.81. The van der Waals surface area contributed by atoms with Crippen molar-refractivity contribution >= 4 is 0 Å². The summed E-state index contributed by atoms with van der Waals surface area (Å²) in [4.78, 5) is 0. The van der Waals surface area contributed by atoms with Crippen LogP contribution in [0.15, 0.2) is 23.3 Å². The van der Waals surface area contributed by atoms with Gasteiger partial charge in [0.05, 0.1) is 0 Å². The van der Waals surface area contributed by atoms with Crippen molar-refractivity contribution in [3.63, 3.8) is 0 Å². The number of rotatable bonds is 7. The second-order valence-corrected chi connectivity index (χ2v) is 6.42. The van der Waals surface area contributed by atoms with Crippen LogP contribution in [0.3, 0.4) is 0 Å². The molecule has 2 atom stereocenters. The van der Waals surface area contributed by atoms with Crippen LogP contribution in [-0.2, 0) is 0 Å². The molecule has 0 aromatic rings. The van der Waals surface area contributed by atoms with Crippen LogP contribution >= 0.6 is 0 Å². The van der Waals surface area contributed by atoms with Gasteiger partial charge in [-0.15, -0.1) is 0 Å². The Labute approximate surface area is 108 Å². The lowest BCUT2D eigenvalue weighted by molar-refractivity contribution is 0.417. The van der Waals surface area contributed by atoms with Gasteiger partial charge >= 0.3 is 0 Å². The lowest BCUT2D eigenvalue weighted by Gasteiger charge is -2.17. The van der Waals surface area contributed by atoms with E-state index in [1.54, 1.807) is 5.57 Å². The minimum Gasteiger partial charge on any atom is -0.0744 e. The SMILES string of the molecule is CC1=CC(CC(C)CCCCC(C)C)C(C)=C1. The van der Waals surface area contributed by atoms with E-state index >= 15 is 0 Å². The number of allylic oxidation sites excluding steroid dienone is 4. The van der Waals surface area contributed by atoms with E-state index in [-0.39, 0.29) is 0 Å². The van der Waals surface area contributed by atoms with Gasteiger partial charge in [0.25, 0.3) is 0 Å². The molecular weight excluding hydrogens is 204 g/mol. The Bertz CT molecular complexity index is 280. The van der Waals surface area contributed by atoms with Gasteiger partial charge in [0.1, 0.15) is 0 Å². The average Bonchev–Trinajstić information content (AvgIpc) is 2.52. The quantitative estimate of drug-likeness (QED) is 0.492. The van der Waals surface area contributed by atoms with Crippen molar-refractivity contribution in [2.75, 3.05) is 0 Å². The third-order valence-electron chi connectivity index (χ3n) is 3.89. The summed E-state index contributed by atoms with van der Waals surface area (Å²) in [7, 11) is 0. The molecular formula is C17H30. The van der Waals surface area contributed by atoms with Gasteiger partial charge in [0.2, 0.25) is 0 Å². The van der Waals surface area contributed by atoms with Gasteiger partial charge in [-0.2, -0.15) is 0 Å². The molecule has 1 rings (SSSR count). The van der Waals surface area contributed by atoms with E-state index < -0.39 is 0 Å². The zero-order valence-corrected chi connectivity index (χ0v) is 12.4. The van der Waals surface area contributed by atoms with Crippen molar-refractivity contribution in [3.05, 3.63) is 23.3 Å². The van der Waals surface area contributed by atoms with E-state index in [9.17, 15) is 0 Å². The van der Waals surface area contributed by atoms with E-state index in [0.717, 1.165) is 17.8 Å². The lowest BCUT2D eigenvalue weighted by atomic mass is 9.89. The normalized spacial score (nSPS) is 21.6. The van der Waals surface area contributed by atoms with Crippen molar-refractivity contribution in [1.29, 1.82) is 0 Å². The highest BCUT2D eigenvalue weighted by atomic mass is 14.2. The molecule has 0 fully saturated rings. The maximum atomic E-state index is 2.44. The zero-order valence-electron chi connectivity index (χ0n) is 12.4. The molecule has 2 unspecified atom stereocenters. The lowest BCUT2D eigenvalue weighted by Crippen LogP contribution is -2.04. The molecule has 0 spiro atoms. The zero-order chi connectivity index (χ0) is 12.8. The molecule has 0 aromatic heterocycles. The van der Waals surface area contributed by atoms with E-state index in [1.807, 2.05) is 0 Å². The largest absolute Gasteiger partial charge is 0.0744 e. The average molecular weight is 234 g/mol. The van der Waals surface area contributed by atoms with Gasteiger partial charge in [-0.25, -0.2) is 0 Å². The van der Waals surface area contributed by atoms with Crippen LogP contribution in [0.1, 0.15) is 66.7 Å². The van der Waals surface area contributed by atoms with E-state index in [0.29, 0.717) is 0 Å². The summed E-state index contributed by atoms with van der Waals surface area (Å²) in [6.45, 7) is 11.6. The van der Waals surface area contributed by atoms with Gasteiger partial charge < -0.3 is 0 Å². The maximum Gasteiger partial charge on any atom is -0.00146 e. The molecule has 0 aliphatic heterocycles. The van der Waals surface area contributed by atoms with Crippen LogP contribution in [0.25, 0.3) is 0 Å². The van der Waals surface area contributed by atoms with Crippen molar-refractivity contribution in [1.82, 2.24) is 0 Å². The van der Waals surface area contributed by atoms with Gasteiger partial charge in [0.15, 0.2) is 0 Å². The summed E-state index contributed by atoms with van der Waals surface area (Å²) in [5, 5.41) is 0. The first kappa shape index (κ1) is 14.5. The molecule has 0 amide bonds. The fourth-order valence-electron chi connectivity index (χ4n) is 2.81. The van der Waals surface area contributed by atoms with Gasteiger partial charge in [-0.1, -0.05) is 69.8 Å². The Balaban J connectivity index is 2.17. The molecule has 0 saturated heterocycles. The minimum absolute atomic E-state index is 0.732. The second kappa shape index (κ2) is 7.03. The third kappa shape index (κ3) is 5.57. The molecule has 1 aliphatic carbocycles. The summed E-state index contributed by atoms with van der Waals surface area (Å²) >= 11 is 0. The molecule has 98 valence electrons. The Morgan fingerprint density at radius 1 is 1.06 bits per heavy atom. The summed E-state index contributed by atoms with van der Waals surface area (Å²) < 4.78 is 0. The third-order valence-corrected chi connectivity index (χ3v) is 3.89. The first-order chi connectivity index (χ1) is 7.99. The van der Waals surface area contributed by atoms with Crippen LogP contribution in [-0.4, -0.2) is 0 Å². The summed E-state index contributed by atoms with van der Waals surface area (Å²) in [6, 6.07) is 0.